The summed E-state index contributed by atoms with van der Waals surface area (Å²) in [7, 11) is 0. The Morgan fingerprint density at radius 2 is 2.00 bits per heavy atom. The standard InChI is InChI=1S/C15H17NO3/c1-9-5-4-7-11(13(9)17)15(19)10-6-2-3-8-12(10)16-14(15)18/h2-3,6,8-9,11,19H,4-5,7H2,1H3,(H,16,18)/t9-,11+,15+/m1/s1. The number of fused-ring (bicyclic) bond motifs is 1. The van der Waals surface area contributed by atoms with Crippen LogP contribution in [0.25, 0.3) is 0 Å². The number of Topliss-reactive ketones (excluding diaryl/α,β-unsaturated/α-hetero) is 1. The van der Waals surface area contributed by atoms with Crippen LogP contribution in [-0.2, 0) is 15.2 Å². The van der Waals surface area contributed by atoms with E-state index in [1.54, 1.807) is 24.3 Å². The SMILES string of the molecule is C[C@@H]1CCC[C@H]([C@]2(O)C(=O)Nc3ccccc32)C1=O. The second-order valence-electron chi connectivity index (χ2n) is 5.55. The van der Waals surface area contributed by atoms with E-state index in [-0.39, 0.29) is 11.7 Å². The van der Waals surface area contributed by atoms with Gasteiger partial charge in [-0.1, -0.05) is 31.5 Å². The normalized spacial score (nSPS) is 34.0. The number of para-hydroxylation sites is 1. The van der Waals surface area contributed by atoms with Gasteiger partial charge < -0.3 is 10.4 Å². The molecule has 0 saturated heterocycles. The maximum Gasteiger partial charge on any atom is 0.261 e. The Hall–Kier alpha value is -1.68. The van der Waals surface area contributed by atoms with Crippen molar-refractivity contribution in [2.24, 2.45) is 11.8 Å². The summed E-state index contributed by atoms with van der Waals surface area (Å²) in [6.07, 6.45) is 2.28. The fourth-order valence-electron chi connectivity index (χ4n) is 3.28. The molecule has 3 atom stereocenters. The molecule has 0 unspecified atom stereocenters. The van der Waals surface area contributed by atoms with Gasteiger partial charge in [-0.15, -0.1) is 0 Å². The van der Waals surface area contributed by atoms with Crippen LogP contribution in [0.15, 0.2) is 24.3 Å². The molecule has 2 aliphatic rings. The van der Waals surface area contributed by atoms with Gasteiger partial charge in [0.25, 0.3) is 5.91 Å². The summed E-state index contributed by atoms with van der Waals surface area (Å²) in [5.74, 6) is -1.18. The number of ketones is 1. The van der Waals surface area contributed by atoms with Crippen molar-refractivity contribution in [3.8, 4) is 0 Å². The predicted octanol–water partition coefficient (Wildman–Crippen LogP) is 1.83. The predicted molar refractivity (Wildman–Crippen MR) is 70.5 cm³/mol. The average molecular weight is 259 g/mol. The van der Waals surface area contributed by atoms with E-state index in [0.29, 0.717) is 17.7 Å². The summed E-state index contributed by atoms with van der Waals surface area (Å²) < 4.78 is 0. The molecular formula is C15H17NO3. The third-order valence-electron chi connectivity index (χ3n) is 4.40. The van der Waals surface area contributed by atoms with E-state index in [4.69, 9.17) is 0 Å². The molecule has 2 N–H and O–H groups in total. The molecule has 3 rings (SSSR count). The van der Waals surface area contributed by atoms with Crippen molar-refractivity contribution in [2.45, 2.75) is 31.8 Å². The van der Waals surface area contributed by atoms with Crippen LogP contribution in [0.2, 0.25) is 0 Å². The minimum Gasteiger partial charge on any atom is -0.375 e. The minimum absolute atomic E-state index is 0.000558. The van der Waals surface area contributed by atoms with Gasteiger partial charge in [-0.3, -0.25) is 9.59 Å². The van der Waals surface area contributed by atoms with Crippen LogP contribution >= 0.6 is 0 Å². The Bertz CT molecular complexity index is 554. The molecule has 0 aromatic heterocycles. The number of hydrogen-bond donors (Lipinski definition) is 2. The van der Waals surface area contributed by atoms with Crippen LogP contribution in [0.4, 0.5) is 5.69 Å². The first-order valence-corrected chi connectivity index (χ1v) is 6.72. The monoisotopic (exact) mass is 259 g/mol. The van der Waals surface area contributed by atoms with Crippen molar-refractivity contribution in [1.82, 2.24) is 0 Å². The van der Waals surface area contributed by atoms with Crippen LogP contribution in [0, 0.1) is 11.8 Å². The van der Waals surface area contributed by atoms with E-state index in [9.17, 15) is 14.7 Å². The van der Waals surface area contributed by atoms with Gasteiger partial charge in [0.05, 0.1) is 5.92 Å². The fraction of sp³-hybridized carbons (Fsp3) is 0.467. The van der Waals surface area contributed by atoms with Crippen LogP contribution in [0.1, 0.15) is 31.7 Å². The number of nitrogens with one attached hydrogen (secondary N) is 1. The third-order valence-corrected chi connectivity index (χ3v) is 4.40. The number of benzene rings is 1. The van der Waals surface area contributed by atoms with Gasteiger partial charge in [-0.05, 0) is 18.9 Å². The highest BCUT2D eigenvalue weighted by molar-refractivity contribution is 6.08. The first-order chi connectivity index (χ1) is 9.05. The molecule has 0 bridgehead atoms. The van der Waals surface area contributed by atoms with Crippen LogP contribution in [0.5, 0.6) is 0 Å². The first-order valence-electron chi connectivity index (χ1n) is 6.72. The largest absolute Gasteiger partial charge is 0.375 e. The molecule has 1 aromatic rings. The van der Waals surface area contributed by atoms with Crippen LogP contribution < -0.4 is 5.32 Å². The van der Waals surface area contributed by atoms with E-state index in [1.807, 2.05) is 6.92 Å². The van der Waals surface area contributed by atoms with Crippen molar-refractivity contribution in [3.63, 3.8) is 0 Å². The summed E-state index contributed by atoms with van der Waals surface area (Å²) in [5, 5.41) is 13.6. The van der Waals surface area contributed by atoms with Crippen molar-refractivity contribution in [1.29, 1.82) is 0 Å². The van der Waals surface area contributed by atoms with Gasteiger partial charge in [0.15, 0.2) is 5.60 Å². The Labute approximate surface area is 111 Å². The van der Waals surface area contributed by atoms with Crippen molar-refractivity contribution < 1.29 is 14.7 Å². The van der Waals surface area contributed by atoms with Gasteiger partial charge in [0.1, 0.15) is 5.78 Å². The summed E-state index contributed by atoms with van der Waals surface area (Å²) in [6.45, 7) is 1.87. The number of anilines is 1. The Morgan fingerprint density at radius 1 is 1.26 bits per heavy atom. The van der Waals surface area contributed by atoms with E-state index >= 15 is 0 Å². The van der Waals surface area contributed by atoms with E-state index < -0.39 is 17.4 Å². The Morgan fingerprint density at radius 3 is 2.79 bits per heavy atom. The Kier molecular flexibility index (Phi) is 2.71. The number of amides is 1. The topological polar surface area (TPSA) is 66.4 Å². The number of carbonyl (C=O) groups excluding carboxylic acids is 2. The summed E-state index contributed by atoms with van der Waals surface area (Å²) in [4.78, 5) is 24.5. The zero-order chi connectivity index (χ0) is 13.6. The van der Waals surface area contributed by atoms with Crippen LogP contribution in [0.3, 0.4) is 0 Å². The molecule has 1 heterocycles. The molecule has 4 nitrogen and oxygen atoms in total. The maximum atomic E-state index is 12.3. The van der Waals surface area contributed by atoms with Gasteiger partial charge >= 0.3 is 0 Å². The van der Waals surface area contributed by atoms with Crippen LogP contribution in [-0.4, -0.2) is 16.8 Å². The molecule has 1 aliphatic heterocycles. The molecular weight excluding hydrogens is 242 g/mol. The van der Waals surface area contributed by atoms with E-state index in [0.717, 1.165) is 12.8 Å². The number of hydrogen-bond acceptors (Lipinski definition) is 3. The quantitative estimate of drug-likeness (QED) is 0.808. The summed E-state index contributed by atoms with van der Waals surface area (Å²) >= 11 is 0. The van der Waals surface area contributed by atoms with Crippen molar-refractivity contribution >= 4 is 17.4 Å². The van der Waals surface area contributed by atoms with Gasteiger partial charge in [-0.25, -0.2) is 0 Å². The van der Waals surface area contributed by atoms with E-state index in [2.05, 4.69) is 5.32 Å². The smallest absolute Gasteiger partial charge is 0.261 e. The van der Waals surface area contributed by atoms with E-state index in [1.165, 1.54) is 0 Å². The van der Waals surface area contributed by atoms with Crippen molar-refractivity contribution in [3.05, 3.63) is 29.8 Å². The molecule has 1 aromatic carbocycles. The lowest BCUT2D eigenvalue weighted by Gasteiger charge is -2.35. The molecule has 19 heavy (non-hydrogen) atoms. The Balaban J connectivity index is 2.07. The van der Waals surface area contributed by atoms with Gasteiger partial charge in [0.2, 0.25) is 0 Å². The second-order valence-corrected chi connectivity index (χ2v) is 5.55. The van der Waals surface area contributed by atoms with Crippen molar-refractivity contribution in [2.75, 3.05) is 5.32 Å². The lowest BCUT2D eigenvalue weighted by molar-refractivity contribution is -0.152. The highest BCUT2D eigenvalue weighted by Gasteiger charge is 2.54. The highest BCUT2D eigenvalue weighted by atomic mass is 16.3. The molecule has 1 fully saturated rings. The molecule has 4 heteroatoms. The second kappa shape index (κ2) is 4.17. The van der Waals surface area contributed by atoms with Gasteiger partial charge in [-0.2, -0.15) is 0 Å². The lowest BCUT2D eigenvalue weighted by Crippen LogP contribution is -2.48. The molecule has 0 radical (unpaired) electrons. The number of rotatable bonds is 1. The number of aliphatic hydroxyl groups is 1. The molecule has 100 valence electrons. The van der Waals surface area contributed by atoms with Gasteiger partial charge in [0, 0.05) is 17.2 Å². The molecule has 1 amide bonds. The minimum atomic E-state index is -1.69. The fourth-order valence-corrected chi connectivity index (χ4v) is 3.28. The third kappa shape index (κ3) is 1.63. The summed E-state index contributed by atoms with van der Waals surface area (Å²) in [6, 6.07) is 7.05. The average Bonchev–Trinajstić information content (AvgIpc) is 2.66. The zero-order valence-corrected chi connectivity index (χ0v) is 10.8. The maximum absolute atomic E-state index is 12.3. The molecule has 0 spiro atoms. The number of carbonyl (C=O) groups is 2. The zero-order valence-electron chi connectivity index (χ0n) is 10.8. The lowest BCUT2D eigenvalue weighted by atomic mass is 9.70. The summed E-state index contributed by atoms with van der Waals surface area (Å²) in [5.41, 5.74) is -0.545. The molecule has 1 aliphatic carbocycles. The first kappa shape index (κ1) is 12.4. The highest BCUT2D eigenvalue weighted by Crippen LogP contribution is 2.45. The molecule has 1 saturated carbocycles.